The Morgan fingerprint density at radius 2 is 2.26 bits per heavy atom. The van der Waals surface area contributed by atoms with Gasteiger partial charge in [0, 0.05) is 13.2 Å². The standard InChI is InChI=1S/C11H17N3O2S3/c1-2-17-10-13-14-11(19-10)18-7-9(15)12-6-8-4-3-5-16-8/h8H,2-7H2,1H3,(H,12,15). The molecule has 1 aromatic rings. The lowest BCUT2D eigenvalue weighted by Gasteiger charge is -2.09. The Balaban J connectivity index is 1.64. The van der Waals surface area contributed by atoms with Crippen molar-refractivity contribution in [2.24, 2.45) is 0 Å². The van der Waals surface area contributed by atoms with E-state index in [-0.39, 0.29) is 12.0 Å². The summed E-state index contributed by atoms with van der Waals surface area (Å²) in [6.45, 7) is 3.52. The van der Waals surface area contributed by atoms with Crippen LogP contribution in [-0.4, -0.2) is 46.9 Å². The highest BCUT2D eigenvalue weighted by Crippen LogP contribution is 2.28. The molecule has 2 heterocycles. The van der Waals surface area contributed by atoms with E-state index in [9.17, 15) is 4.79 Å². The third-order valence-corrected chi connectivity index (χ3v) is 5.61. The lowest BCUT2D eigenvalue weighted by atomic mass is 10.2. The van der Waals surface area contributed by atoms with Crippen LogP contribution in [0.25, 0.3) is 0 Å². The predicted molar refractivity (Wildman–Crippen MR) is 79.0 cm³/mol. The third kappa shape index (κ3) is 5.29. The van der Waals surface area contributed by atoms with E-state index in [1.807, 2.05) is 0 Å². The molecule has 1 amide bonds. The molecule has 0 saturated carbocycles. The minimum Gasteiger partial charge on any atom is -0.376 e. The summed E-state index contributed by atoms with van der Waals surface area (Å²) in [5.41, 5.74) is 0. The molecular formula is C11H17N3O2S3. The van der Waals surface area contributed by atoms with Gasteiger partial charge in [-0.2, -0.15) is 0 Å². The lowest BCUT2D eigenvalue weighted by Crippen LogP contribution is -2.32. The largest absolute Gasteiger partial charge is 0.376 e. The average Bonchev–Trinajstić information content (AvgIpc) is 3.05. The normalized spacial score (nSPS) is 18.7. The molecule has 1 aromatic heterocycles. The molecular weight excluding hydrogens is 302 g/mol. The fourth-order valence-electron chi connectivity index (χ4n) is 1.65. The van der Waals surface area contributed by atoms with Crippen LogP contribution < -0.4 is 5.32 Å². The van der Waals surface area contributed by atoms with Gasteiger partial charge in [0.1, 0.15) is 0 Å². The molecule has 19 heavy (non-hydrogen) atoms. The molecule has 0 spiro atoms. The van der Waals surface area contributed by atoms with Gasteiger partial charge in [-0.05, 0) is 18.6 Å². The predicted octanol–water partition coefficient (Wildman–Crippen LogP) is 2.04. The Morgan fingerprint density at radius 1 is 1.47 bits per heavy atom. The highest BCUT2D eigenvalue weighted by Gasteiger charge is 2.16. The first-order valence-corrected chi connectivity index (χ1v) is 9.04. The number of carbonyl (C=O) groups is 1. The maximum absolute atomic E-state index is 11.7. The number of nitrogens with one attached hydrogen (secondary N) is 1. The van der Waals surface area contributed by atoms with Crippen LogP contribution in [0.4, 0.5) is 0 Å². The van der Waals surface area contributed by atoms with Gasteiger partial charge in [0.2, 0.25) is 5.91 Å². The average molecular weight is 319 g/mol. The summed E-state index contributed by atoms with van der Waals surface area (Å²) in [6.07, 6.45) is 2.34. The first-order valence-electron chi connectivity index (χ1n) is 6.25. The van der Waals surface area contributed by atoms with Gasteiger partial charge >= 0.3 is 0 Å². The van der Waals surface area contributed by atoms with Gasteiger partial charge in [-0.25, -0.2) is 0 Å². The highest BCUT2D eigenvalue weighted by molar-refractivity contribution is 8.03. The maximum Gasteiger partial charge on any atom is 0.230 e. The van der Waals surface area contributed by atoms with Gasteiger partial charge < -0.3 is 10.1 Å². The second-order valence-electron chi connectivity index (χ2n) is 3.99. The Bertz CT molecular complexity index is 408. The molecule has 0 aromatic carbocycles. The summed E-state index contributed by atoms with van der Waals surface area (Å²) in [5, 5.41) is 11.0. The minimum atomic E-state index is 0.0281. The van der Waals surface area contributed by atoms with Crippen molar-refractivity contribution in [3.05, 3.63) is 0 Å². The summed E-state index contributed by atoms with van der Waals surface area (Å²) in [4.78, 5) is 11.7. The minimum absolute atomic E-state index is 0.0281. The van der Waals surface area contributed by atoms with Crippen molar-refractivity contribution >= 4 is 40.8 Å². The molecule has 1 atom stereocenters. The highest BCUT2D eigenvalue weighted by atomic mass is 32.2. The monoisotopic (exact) mass is 319 g/mol. The summed E-state index contributed by atoms with van der Waals surface area (Å²) in [6, 6.07) is 0. The number of amides is 1. The quantitative estimate of drug-likeness (QED) is 0.776. The molecule has 1 fully saturated rings. The van der Waals surface area contributed by atoms with E-state index in [4.69, 9.17) is 4.74 Å². The summed E-state index contributed by atoms with van der Waals surface area (Å²) < 4.78 is 7.26. The van der Waals surface area contributed by atoms with Crippen LogP contribution in [0.15, 0.2) is 8.68 Å². The molecule has 1 aliphatic heterocycles. The van der Waals surface area contributed by atoms with Gasteiger partial charge in [-0.1, -0.05) is 41.8 Å². The van der Waals surface area contributed by atoms with Gasteiger partial charge in [0.15, 0.2) is 8.68 Å². The van der Waals surface area contributed by atoms with Crippen LogP contribution in [0.1, 0.15) is 19.8 Å². The van der Waals surface area contributed by atoms with Crippen LogP contribution in [0.5, 0.6) is 0 Å². The summed E-state index contributed by atoms with van der Waals surface area (Å²) in [5.74, 6) is 1.40. The zero-order valence-electron chi connectivity index (χ0n) is 10.8. The fourth-order valence-corrected chi connectivity index (χ4v) is 4.40. The zero-order valence-corrected chi connectivity index (χ0v) is 13.2. The van der Waals surface area contributed by atoms with Gasteiger partial charge in [0.05, 0.1) is 11.9 Å². The molecule has 8 heteroatoms. The Labute approximate surface area is 125 Å². The molecule has 1 saturated heterocycles. The van der Waals surface area contributed by atoms with Crippen molar-refractivity contribution in [1.29, 1.82) is 0 Å². The number of aromatic nitrogens is 2. The molecule has 1 aliphatic rings. The Morgan fingerprint density at radius 3 is 2.95 bits per heavy atom. The van der Waals surface area contributed by atoms with E-state index in [0.717, 1.165) is 33.9 Å². The Hall–Kier alpha value is -0.310. The Kier molecular flexibility index (Phi) is 6.42. The molecule has 1 unspecified atom stereocenters. The number of rotatable bonds is 7. The number of hydrogen-bond donors (Lipinski definition) is 1. The SMILES string of the molecule is CCSc1nnc(SCC(=O)NCC2CCCO2)s1. The van der Waals surface area contributed by atoms with Crippen molar-refractivity contribution < 1.29 is 9.53 Å². The number of carbonyl (C=O) groups excluding carboxylic acids is 1. The molecule has 1 N–H and O–H groups in total. The van der Waals surface area contributed by atoms with Gasteiger partial charge in [0.25, 0.3) is 0 Å². The van der Waals surface area contributed by atoms with Crippen LogP contribution >= 0.6 is 34.9 Å². The van der Waals surface area contributed by atoms with Crippen molar-refractivity contribution in [2.75, 3.05) is 24.7 Å². The van der Waals surface area contributed by atoms with Crippen molar-refractivity contribution in [3.8, 4) is 0 Å². The number of ether oxygens (including phenoxy) is 1. The van der Waals surface area contributed by atoms with Gasteiger partial charge in [-0.15, -0.1) is 10.2 Å². The molecule has 2 rings (SSSR count). The van der Waals surface area contributed by atoms with Gasteiger partial charge in [-0.3, -0.25) is 4.79 Å². The molecule has 0 radical (unpaired) electrons. The first-order chi connectivity index (χ1) is 9.28. The third-order valence-electron chi connectivity index (χ3n) is 2.53. The van der Waals surface area contributed by atoms with Crippen LogP contribution in [-0.2, 0) is 9.53 Å². The van der Waals surface area contributed by atoms with Crippen molar-refractivity contribution in [1.82, 2.24) is 15.5 Å². The van der Waals surface area contributed by atoms with E-state index in [0.29, 0.717) is 12.3 Å². The van der Waals surface area contributed by atoms with E-state index < -0.39 is 0 Å². The van der Waals surface area contributed by atoms with E-state index in [2.05, 4.69) is 22.4 Å². The van der Waals surface area contributed by atoms with Crippen molar-refractivity contribution in [2.45, 2.75) is 34.5 Å². The molecule has 0 bridgehead atoms. The fraction of sp³-hybridized carbons (Fsp3) is 0.727. The van der Waals surface area contributed by atoms with Crippen LogP contribution in [0, 0.1) is 0 Å². The lowest BCUT2D eigenvalue weighted by molar-refractivity contribution is -0.119. The molecule has 106 valence electrons. The van der Waals surface area contributed by atoms with E-state index in [1.165, 1.54) is 11.8 Å². The van der Waals surface area contributed by atoms with E-state index in [1.54, 1.807) is 23.1 Å². The number of hydrogen-bond acceptors (Lipinski definition) is 7. The van der Waals surface area contributed by atoms with Crippen LogP contribution in [0.3, 0.4) is 0 Å². The second kappa shape index (κ2) is 8.08. The number of thioether (sulfide) groups is 2. The second-order valence-corrected chi connectivity index (χ2v) is 7.71. The van der Waals surface area contributed by atoms with Crippen molar-refractivity contribution in [3.63, 3.8) is 0 Å². The van der Waals surface area contributed by atoms with E-state index >= 15 is 0 Å². The molecule has 0 aliphatic carbocycles. The summed E-state index contributed by atoms with van der Waals surface area (Å²) >= 11 is 4.65. The molecule has 5 nitrogen and oxygen atoms in total. The van der Waals surface area contributed by atoms with Crippen LogP contribution in [0.2, 0.25) is 0 Å². The number of nitrogens with zero attached hydrogens (tertiary/aromatic N) is 2. The smallest absolute Gasteiger partial charge is 0.230 e. The maximum atomic E-state index is 11.7. The summed E-state index contributed by atoms with van der Waals surface area (Å²) in [7, 11) is 0. The first kappa shape index (κ1) is 15.1. The zero-order chi connectivity index (χ0) is 13.5. The topological polar surface area (TPSA) is 64.1 Å².